The van der Waals surface area contributed by atoms with Crippen molar-refractivity contribution in [3.05, 3.63) is 131 Å². The predicted molar refractivity (Wildman–Crippen MR) is 192 cm³/mol. The molecule has 4 aromatic carbocycles. The van der Waals surface area contributed by atoms with Crippen molar-refractivity contribution in [1.29, 1.82) is 0 Å². The zero-order valence-corrected chi connectivity index (χ0v) is 29.5. The molecule has 0 unspecified atom stereocenters. The maximum absolute atomic E-state index is 14.1. The first kappa shape index (κ1) is 33.2. The molecule has 1 aromatic heterocycles. The molecule has 1 atom stereocenters. The summed E-state index contributed by atoms with van der Waals surface area (Å²) in [6.45, 7) is 8.87. The van der Waals surface area contributed by atoms with Crippen LogP contribution in [0.2, 0.25) is 0 Å². The Bertz CT molecular complexity index is 2200. The monoisotopic (exact) mass is 726 g/mol. The Morgan fingerprint density at radius 3 is 2.44 bits per heavy atom. The second kappa shape index (κ2) is 14.6. The van der Waals surface area contributed by atoms with Crippen molar-refractivity contribution < 1.29 is 23.7 Å². The zero-order valence-electron chi connectivity index (χ0n) is 27.1. The van der Waals surface area contributed by atoms with Gasteiger partial charge in [0.15, 0.2) is 16.3 Å². The lowest BCUT2D eigenvalue weighted by Gasteiger charge is -2.24. The van der Waals surface area contributed by atoms with Crippen molar-refractivity contribution in [3.63, 3.8) is 0 Å². The van der Waals surface area contributed by atoms with Gasteiger partial charge in [0.1, 0.15) is 12.4 Å². The van der Waals surface area contributed by atoms with Gasteiger partial charge in [-0.25, -0.2) is 9.79 Å². The van der Waals surface area contributed by atoms with E-state index >= 15 is 0 Å². The van der Waals surface area contributed by atoms with Gasteiger partial charge < -0.3 is 18.9 Å². The van der Waals surface area contributed by atoms with Crippen LogP contribution in [0, 0.1) is 0 Å². The molecule has 0 N–H and O–H groups in total. The minimum Gasteiger partial charge on any atom is -0.494 e. The third-order valence-corrected chi connectivity index (χ3v) is 9.48. The first-order valence-electron chi connectivity index (χ1n) is 15.8. The highest BCUT2D eigenvalue weighted by Crippen LogP contribution is 2.38. The second-order valence-electron chi connectivity index (χ2n) is 11.0. The number of esters is 1. The number of ether oxygens (including phenoxy) is 4. The van der Waals surface area contributed by atoms with E-state index in [4.69, 9.17) is 23.9 Å². The molecule has 0 aliphatic carbocycles. The average molecular weight is 728 g/mol. The van der Waals surface area contributed by atoms with Gasteiger partial charge in [0.2, 0.25) is 0 Å². The van der Waals surface area contributed by atoms with Crippen LogP contribution in [0.5, 0.6) is 17.2 Å². The molecule has 6 rings (SSSR count). The van der Waals surface area contributed by atoms with E-state index in [1.54, 1.807) is 18.4 Å². The van der Waals surface area contributed by atoms with Crippen LogP contribution in [0.3, 0.4) is 0 Å². The predicted octanol–water partition coefficient (Wildman–Crippen LogP) is 7.09. The fraction of sp³-hybridized carbons (Fsp3) is 0.237. The minimum atomic E-state index is -0.714. The summed E-state index contributed by atoms with van der Waals surface area (Å²) in [7, 11) is 0. The van der Waals surface area contributed by atoms with Crippen molar-refractivity contribution in [2.45, 2.75) is 40.3 Å². The number of nitrogens with zero attached hydrogens (tertiary/aromatic N) is 2. The van der Waals surface area contributed by atoms with Crippen LogP contribution in [0.1, 0.15) is 50.4 Å². The van der Waals surface area contributed by atoms with Crippen molar-refractivity contribution in [2.75, 3.05) is 19.8 Å². The van der Waals surface area contributed by atoms with E-state index in [9.17, 15) is 9.59 Å². The Balaban J connectivity index is 1.40. The lowest BCUT2D eigenvalue weighted by atomic mass is 9.96. The van der Waals surface area contributed by atoms with Crippen LogP contribution >= 0.6 is 27.3 Å². The molecule has 10 heteroatoms. The van der Waals surface area contributed by atoms with Crippen molar-refractivity contribution in [3.8, 4) is 17.2 Å². The highest BCUT2D eigenvalue weighted by atomic mass is 79.9. The van der Waals surface area contributed by atoms with Gasteiger partial charge >= 0.3 is 5.97 Å². The number of benzene rings is 4. The van der Waals surface area contributed by atoms with Gasteiger partial charge in [0.05, 0.1) is 46.1 Å². The van der Waals surface area contributed by atoms with E-state index < -0.39 is 12.0 Å². The first-order valence-corrected chi connectivity index (χ1v) is 17.4. The average Bonchev–Trinajstić information content (AvgIpc) is 3.38. The Kier molecular flexibility index (Phi) is 10.1. The van der Waals surface area contributed by atoms with Gasteiger partial charge in [-0.05, 0) is 101 Å². The number of allylic oxidation sites excluding steroid dienone is 1. The molecule has 1 aliphatic rings. The molecule has 0 saturated heterocycles. The molecule has 0 amide bonds. The standard InChI is InChI=1S/C38H35BrN2O6S/c1-5-44-28-17-15-26(16-18-28)34-33(37(43)46-7-3)23(4)40-38-41(34)36(42)32(48-38)21-24-19-30(39)35(31(20-24)45-6-2)47-22-27-13-10-12-25-11-8-9-14-29(25)27/h8-21,34H,5-7,22H2,1-4H3/t34-/m1/s1. The first-order chi connectivity index (χ1) is 23.3. The third-order valence-electron chi connectivity index (χ3n) is 7.91. The molecule has 48 heavy (non-hydrogen) atoms. The molecule has 0 saturated carbocycles. The van der Waals surface area contributed by atoms with Crippen molar-refractivity contribution in [1.82, 2.24) is 4.57 Å². The summed E-state index contributed by atoms with van der Waals surface area (Å²) >= 11 is 4.96. The van der Waals surface area contributed by atoms with Crippen molar-refractivity contribution >= 4 is 50.1 Å². The molecule has 246 valence electrons. The molecular weight excluding hydrogens is 692 g/mol. The van der Waals surface area contributed by atoms with E-state index in [0.29, 0.717) is 62.1 Å². The van der Waals surface area contributed by atoms with E-state index in [2.05, 4.69) is 40.2 Å². The highest BCUT2D eigenvalue weighted by Gasteiger charge is 2.33. The number of hydrogen-bond acceptors (Lipinski definition) is 8. The number of aromatic nitrogens is 1. The second-order valence-corrected chi connectivity index (χ2v) is 12.9. The van der Waals surface area contributed by atoms with Gasteiger partial charge in [0, 0.05) is 0 Å². The summed E-state index contributed by atoms with van der Waals surface area (Å²) in [5.74, 6) is 1.33. The van der Waals surface area contributed by atoms with Crippen LogP contribution in [-0.2, 0) is 16.1 Å². The van der Waals surface area contributed by atoms with E-state index in [1.165, 1.54) is 11.3 Å². The topological polar surface area (TPSA) is 88.4 Å². The largest absolute Gasteiger partial charge is 0.494 e. The van der Waals surface area contributed by atoms with Crippen LogP contribution < -0.4 is 29.1 Å². The lowest BCUT2D eigenvalue weighted by molar-refractivity contribution is -0.139. The molecule has 0 bridgehead atoms. The number of hydrogen-bond donors (Lipinski definition) is 0. The van der Waals surface area contributed by atoms with E-state index in [1.807, 2.05) is 74.5 Å². The fourth-order valence-electron chi connectivity index (χ4n) is 5.81. The summed E-state index contributed by atoms with van der Waals surface area (Å²) in [6.07, 6.45) is 1.81. The molecule has 0 fully saturated rings. The number of carbonyl (C=O) groups excluding carboxylic acids is 1. The molecule has 0 radical (unpaired) electrons. The number of thiazole rings is 1. The third kappa shape index (κ3) is 6.68. The minimum absolute atomic E-state index is 0.203. The van der Waals surface area contributed by atoms with Gasteiger partial charge in [-0.1, -0.05) is 65.9 Å². The summed E-state index contributed by atoms with van der Waals surface area (Å²) < 4.78 is 26.1. The van der Waals surface area contributed by atoms with Gasteiger partial charge in [0.25, 0.3) is 5.56 Å². The normalized spacial score (nSPS) is 14.4. The molecule has 1 aliphatic heterocycles. The maximum Gasteiger partial charge on any atom is 0.338 e. The Labute approximate surface area is 290 Å². The summed E-state index contributed by atoms with van der Waals surface area (Å²) in [5.41, 5.74) is 3.12. The van der Waals surface area contributed by atoms with Crippen LogP contribution in [-0.4, -0.2) is 30.4 Å². The Hall–Kier alpha value is -4.67. The lowest BCUT2D eigenvalue weighted by Crippen LogP contribution is -2.39. The molecule has 0 spiro atoms. The van der Waals surface area contributed by atoms with Gasteiger partial charge in [-0.2, -0.15) is 0 Å². The molecule has 5 aromatic rings. The number of fused-ring (bicyclic) bond motifs is 2. The quantitative estimate of drug-likeness (QED) is 0.135. The summed E-state index contributed by atoms with van der Waals surface area (Å²) in [4.78, 5) is 32.6. The number of halogens is 1. The molecule has 8 nitrogen and oxygen atoms in total. The van der Waals surface area contributed by atoms with Gasteiger partial charge in [-0.3, -0.25) is 9.36 Å². The number of carbonyl (C=O) groups is 1. The van der Waals surface area contributed by atoms with Crippen LogP contribution in [0.15, 0.2) is 104 Å². The Morgan fingerprint density at radius 2 is 1.69 bits per heavy atom. The number of rotatable bonds is 11. The van der Waals surface area contributed by atoms with Gasteiger partial charge in [-0.15, -0.1) is 0 Å². The Morgan fingerprint density at radius 1 is 0.938 bits per heavy atom. The van der Waals surface area contributed by atoms with Crippen LogP contribution in [0.25, 0.3) is 16.8 Å². The fourth-order valence-corrected chi connectivity index (χ4v) is 7.43. The smallest absolute Gasteiger partial charge is 0.338 e. The maximum atomic E-state index is 14.1. The van der Waals surface area contributed by atoms with Crippen LogP contribution in [0.4, 0.5) is 0 Å². The van der Waals surface area contributed by atoms with Crippen molar-refractivity contribution in [2.24, 2.45) is 4.99 Å². The summed E-state index contributed by atoms with van der Waals surface area (Å²) in [6, 6.07) is 24.8. The molecular formula is C38H35BrN2O6S. The zero-order chi connectivity index (χ0) is 33.8. The highest BCUT2D eigenvalue weighted by molar-refractivity contribution is 9.10. The SMILES string of the molecule is CCOC(=O)C1=C(C)N=c2sc(=Cc3cc(Br)c(OCc4cccc5ccccc45)c(OCC)c3)c(=O)n2[C@@H]1c1ccc(OCC)cc1. The summed E-state index contributed by atoms with van der Waals surface area (Å²) in [5, 5.41) is 2.28. The molecule has 2 heterocycles. The van der Waals surface area contributed by atoms with E-state index in [-0.39, 0.29) is 12.2 Å². The van der Waals surface area contributed by atoms with E-state index in [0.717, 1.165) is 27.5 Å².